The van der Waals surface area contributed by atoms with Gasteiger partial charge in [-0.2, -0.15) is 193 Å². The fourth-order valence-corrected chi connectivity index (χ4v) is 5.87. The monoisotopic (exact) mass is 1840 g/mol. The Labute approximate surface area is 543 Å². The Morgan fingerprint density at radius 1 is 0.253 bits per heavy atom. The van der Waals surface area contributed by atoms with Gasteiger partial charge in [-0.05, 0) is 71.9 Å². The summed E-state index contributed by atoms with van der Waals surface area (Å²) >= 11 is 0.760. The van der Waals surface area contributed by atoms with Crippen LogP contribution in [0.2, 0.25) is 0 Å². The van der Waals surface area contributed by atoms with Crippen molar-refractivity contribution in [2.75, 3.05) is 0 Å². The molecule has 0 aromatic heterocycles. The molecule has 0 aromatic carbocycles. The van der Waals surface area contributed by atoms with E-state index in [2.05, 4.69) is 0 Å². The third-order valence-corrected chi connectivity index (χ3v) is 14.1. The fraction of sp³-hybridized carbons (Fsp3) is 0.810. The number of allylic oxidation sites excluding steroid dienone is 6. The average molecular weight is 1840 g/mol. The van der Waals surface area contributed by atoms with Crippen molar-refractivity contribution in [2.45, 2.75) is 205 Å². The van der Waals surface area contributed by atoms with E-state index in [1.54, 1.807) is 0 Å². The molecular weight excluding hydrogens is 1800 g/mol. The van der Waals surface area contributed by atoms with Gasteiger partial charge >= 0.3 is 97.8 Å². The summed E-state index contributed by atoms with van der Waals surface area (Å²) in [5.74, 6) is 0. The van der Waals surface area contributed by atoms with Crippen LogP contribution in [-0.4, -0.2) is 151 Å². The zero-order valence-corrected chi connectivity index (χ0v) is 51.0. The van der Waals surface area contributed by atoms with E-state index in [4.69, 9.17) is 0 Å². The summed E-state index contributed by atoms with van der Waals surface area (Å²) in [5, 5.41) is 0. The molecule has 57 heteroatoms. The minimum atomic E-state index is -6.58. The first-order valence-corrected chi connectivity index (χ1v) is 25.0. The van der Waals surface area contributed by atoms with Gasteiger partial charge in [-0.3, -0.25) is 0 Å². The van der Waals surface area contributed by atoms with E-state index in [9.17, 15) is 241 Å². The lowest BCUT2D eigenvalue weighted by Crippen LogP contribution is -2.57. The molecule has 0 aliphatic heterocycles. The molecule has 0 N–H and O–H groups in total. The second kappa shape index (κ2) is 32.9. The highest BCUT2D eigenvalue weighted by atomic mass is 127. The maximum Gasteiger partial charge on any atom is 0.435 e. The summed E-state index contributed by atoms with van der Waals surface area (Å²) < 4.78 is 658. The van der Waals surface area contributed by atoms with Crippen molar-refractivity contribution < 1.29 is 244 Å². The van der Waals surface area contributed by atoms with Gasteiger partial charge in [0.2, 0.25) is 34.0 Å². The quantitative estimate of drug-likeness (QED) is 0.0791. The molecule has 602 valence electrons. The van der Waals surface area contributed by atoms with Crippen LogP contribution in [0, 0.1) is 0 Å². The molecule has 0 saturated carbocycles. The van der Waals surface area contributed by atoms with Crippen LogP contribution in [-0.2, 0) is 0 Å². The van der Waals surface area contributed by atoms with Gasteiger partial charge in [-0.1, -0.05) is 45.2 Å². The normalized spacial score (nSPS) is 19.0. The molecule has 0 nitrogen and oxygen atoms in total. The molecule has 8 unspecified atom stereocenters. The van der Waals surface area contributed by atoms with E-state index in [0.29, 0.717) is 45.2 Å². The van der Waals surface area contributed by atoms with Gasteiger partial charge < -0.3 is 0 Å². The van der Waals surface area contributed by atoms with Crippen molar-refractivity contribution >= 4 is 45.2 Å². The van der Waals surface area contributed by atoms with E-state index < -0.39 is 207 Å². The molecule has 0 bridgehead atoms. The van der Waals surface area contributed by atoms with Crippen molar-refractivity contribution in [2.24, 2.45) is 0 Å². The van der Waals surface area contributed by atoms with Gasteiger partial charge in [0.05, 0.1) is 14.2 Å². The maximum atomic E-state index is 13.3. The number of hydrogen-bond donors (Lipinski definition) is 0. The zero-order valence-electron chi connectivity index (χ0n) is 46.7. The Hall–Kier alpha value is -3.43. The molecule has 99 heavy (non-hydrogen) atoms. The average Bonchev–Trinajstić information content (AvgIpc) is 0.773. The molecule has 0 aliphatic carbocycles. The minimum absolute atomic E-state index is 0. The maximum absolute atomic E-state index is 13.3. The van der Waals surface area contributed by atoms with E-state index in [0.717, 1.165) is 0 Å². The van der Waals surface area contributed by atoms with Crippen molar-refractivity contribution in [1.29, 1.82) is 0 Å². The third-order valence-electron chi connectivity index (χ3n) is 10.9. The van der Waals surface area contributed by atoms with Gasteiger partial charge in [0.15, 0.2) is 0 Å². The van der Waals surface area contributed by atoms with Crippen LogP contribution in [0.25, 0.3) is 0 Å². The SMILES string of the molecule is CC(F)(/C=C/C(F)(C(F)(F)F)C(F)(F)F)C(F)(F)F.CC(F)(/C=C/C(F)(C(F)(F)F)C(F)(F)F)C(F)(F)F.CC(F)(/C=C\F)C(F)(F)F.CC(F)(C(I)CC(F)(C(F)(F)F)C(F)(F)F)C(F)(F)F.CC(F)(C(I)CC(F)(C(F)(F)F)C(F)(F)F)C(F)(F)F.CC(F)(C=C(F)F)C(F)(F)F.[2HH].[2HH]. The van der Waals surface area contributed by atoms with Crippen LogP contribution < -0.4 is 0 Å². The molecule has 0 saturated heterocycles. The third kappa shape index (κ3) is 28.9. The van der Waals surface area contributed by atoms with Crippen molar-refractivity contribution in [3.63, 3.8) is 0 Å². The summed E-state index contributed by atoms with van der Waals surface area (Å²) in [6, 6.07) is 0. The summed E-state index contributed by atoms with van der Waals surface area (Å²) in [6.07, 6.45) is -101. The summed E-state index contributed by atoms with van der Waals surface area (Å²) in [4.78, 5) is 0. The molecule has 0 amide bonds. The Bertz CT molecular complexity index is 2350. The number of hydrogen-bond acceptors (Lipinski definition) is 0. The van der Waals surface area contributed by atoms with E-state index in [1.807, 2.05) is 0 Å². The Kier molecular flexibility index (Phi) is 35.4. The van der Waals surface area contributed by atoms with E-state index in [-0.39, 0.29) is 50.5 Å². The van der Waals surface area contributed by atoms with Gasteiger partial charge in [-0.15, -0.1) is 0 Å². The highest BCUT2D eigenvalue weighted by Gasteiger charge is 2.77. The number of alkyl halides is 54. The first-order chi connectivity index (χ1) is 41.6. The summed E-state index contributed by atoms with van der Waals surface area (Å²) in [6.45, 7) is -0.947. The Balaban J connectivity index is -0.000000173. The largest absolute Gasteiger partial charge is 0.435 e. The van der Waals surface area contributed by atoms with Gasteiger partial charge in [0.25, 0.3) is 17.4 Å². The van der Waals surface area contributed by atoms with Crippen LogP contribution >= 0.6 is 45.2 Å². The molecule has 0 spiro atoms. The molecule has 0 aromatic rings. The highest BCUT2D eigenvalue weighted by Crippen LogP contribution is 2.56. The second-order valence-electron chi connectivity index (χ2n) is 19.2. The van der Waals surface area contributed by atoms with Crippen LogP contribution in [0.15, 0.2) is 48.9 Å². The van der Waals surface area contributed by atoms with E-state index >= 15 is 0 Å². The zero-order chi connectivity index (χ0) is 83.1. The highest BCUT2D eigenvalue weighted by molar-refractivity contribution is 14.1. The fourth-order valence-electron chi connectivity index (χ4n) is 3.95. The smallest absolute Gasteiger partial charge is 0.233 e. The molecule has 0 radical (unpaired) electrons. The standard InChI is InChI=1S/2C8H6F11I.2C8H5F11.C5H4F6.C5H5F5.2H2/c2*1-4(9,6(11,12)13)3(20)2-5(10,7(14,15)16)8(17,18)19;2*1-4(9,6(11,12)13)2-3-5(10,7(14,15)16)8(17,18)19;1-4(8,2-3(6)7)5(9,10)11;1-4(7,2-3-6)5(8,9)10;;/h2*3H,2H2,1H3;2*2-3H,1H3;2H,1H3;2-3H,1H3;2*1H/b;;2*3-2+;;3-2-;;/i;;;;;;2*1+1. The van der Waals surface area contributed by atoms with Crippen LogP contribution in [0.3, 0.4) is 0 Å². The first kappa shape index (κ1) is 107. The van der Waals surface area contributed by atoms with E-state index in [1.165, 1.54) is 0 Å². The predicted molar refractivity (Wildman–Crippen MR) is 245 cm³/mol. The molecule has 0 fully saturated rings. The molecule has 8 atom stereocenters. The number of halogens is 57. The Morgan fingerprint density at radius 3 is 0.525 bits per heavy atom. The van der Waals surface area contributed by atoms with Gasteiger partial charge in [0, 0.05) is 21.8 Å². The van der Waals surface area contributed by atoms with Crippen LogP contribution in [0.5, 0.6) is 0 Å². The van der Waals surface area contributed by atoms with Crippen molar-refractivity contribution in [3.05, 3.63) is 48.9 Å². The van der Waals surface area contributed by atoms with Crippen LogP contribution in [0.1, 0.15) is 57.2 Å². The summed E-state index contributed by atoms with van der Waals surface area (Å²) in [7, 11) is 0. The van der Waals surface area contributed by atoms with Crippen molar-refractivity contribution in [1.82, 2.24) is 0 Å². The Morgan fingerprint density at radius 2 is 0.424 bits per heavy atom. The second-order valence-corrected chi connectivity index (χ2v) is 22.2. The summed E-state index contributed by atoms with van der Waals surface area (Å²) in [5.41, 5.74) is -49.4. The van der Waals surface area contributed by atoms with Crippen LogP contribution in [0.4, 0.5) is 241 Å². The topological polar surface area (TPSA) is 0 Å². The van der Waals surface area contributed by atoms with Crippen molar-refractivity contribution in [3.8, 4) is 0 Å². The number of rotatable bonds is 12. The lowest BCUT2D eigenvalue weighted by molar-refractivity contribution is -0.346. The molecule has 0 aliphatic rings. The molecule has 0 rings (SSSR count). The minimum Gasteiger partial charge on any atom is -0.233 e. The first-order valence-electron chi connectivity index (χ1n) is 22.5. The molecule has 0 heterocycles. The lowest BCUT2D eigenvalue weighted by Gasteiger charge is -2.35. The predicted octanol–water partition coefficient (Wildman–Crippen LogP) is 26.2. The van der Waals surface area contributed by atoms with Gasteiger partial charge in [0.1, 0.15) is 0 Å². The lowest BCUT2D eigenvalue weighted by atomic mass is 9.91. The molecular formula is C42H35F55I2. The van der Waals surface area contributed by atoms with Gasteiger partial charge in [-0.25, -0.2) is 48.3 Å².